The summed E-state index contributed by atoms with van der Waals surface area (Å²) in [5, 5.41) is 1.94. The zero-order valence-corrected chi connectivity index (χ0v) is 19.9. The first kappa shape index (κ1) is 22.6. The number of halogens is 1. The van der Waals surface area contributed by atoms with Crippen LogP contribution in [0, 0.1) is 17.7 Å². The second kappa shape index (κ2) is 8.38. The molecule has 2 N–H and O–H groups in total. The number of carbonyl (C=O) groups excluding carboxylic acids is 3. The molecule has 3 heterocycles. The Kier molecular flexibility index (Phi) is 5.26. The number of anilines is 1. The van der Waals surface area contributed by atoms with Gasteiger partial charge in [0.25, 0.3) is 5.91 Å². The van der Waals surface area contributed by atoms with Gasteiger partial charge in [-0.25, -0.2) is 4.39 Å². The number of nitrogens with two attached hydrogens (primary N) is 1. The van der Waals surface area contributed by atoms with Crippen LogP contribution in [0.1, 0.15) is 30.0 Å². The van der Waals surface area contributed by atoms with Gasteiger partial charge < -0.3 is 10.2 Å². The Morgan fingerprint density at radius 1 is 0.833 bits per heavy atom. The summed E-state index contributed by atoms with van der Waals surface area (Å²) in [7, 11) is 0. The standard InChI is InChI=1S/C29H26FN3O3/c1-2-22-24-25(27(35)33(26(24)34)16-18-10-4-3-5-11-18)29(31-22)20-13-7-9-15-23(20)32(28(29)36)17-19-12-6-8-14-21(19)30/h3-15,22,24-25,31H,2,16-17H2,1H3/p+1/t22-,24-,25-,29-/m0/s1. The first-order chi connectivity index (χ1) is 17.5. The zero-order chi connectivity index (χ0) is 25.0. The Bertz CT molecular complexity index is 1380. The van der Waals surface area contributed by atoms with Crippen LogP contribution in [0.4, 0.5) is 10.1 Å². The van der Waals surface area contributed by atoms with E-state index >= 15 is 0 Å². The van der Waals surface area contributed by atoms with Crippen molar-refractivity contribution in [3.63, 3.8) is 0 Å². The third kappa shape index (κ3) is 3.09. The summed E-state index contributed by atoms with van der Waals surface area (Å²) >= 11 is 0. The molecular formula is C29H27FN3O3+. The smallest absolute Gasteiger partial charge is 0.294 e. The molecule has 0 unspecified atom stereocenters. The molecular weight excluding hydrogens is 457 g/mol. The van der Waals surface area contributed by atoms with Crippen molar-refractivity contribution in [3.05, 3.63) is 101 Å². The maximum absolute atomic E-state index is 14.6. The van der Waals surface area contributed by atoms with E-state index in [9.17, 15) is 18.8 Å². The van der Waals surface area contributed by atoms with Crippen molar-refractivity contribution >= 4 is 23.4 Å². The van der Waals surface area contributed by atoms with Crippen LogP contribution in [0.15, 0.2) is 78.9 Å². The van der Waals surface area contributed by atoms with E-state index in [1.165, 1.54) is 11.0 Å². The number of benzene rings is 3. The van der Waals surface area contributed by atoms with Gasteiger partial charge in [0.2, 0.25) is 17.4 Å². The summed E-state index contributed by atoms with van der Waals surface area (Å²) in [6, 6.07) is 23.0. The van der Waals surface area contributed by atoms with Crippen molar-refractivity contribution in [2.24, 2.45) is 11.8 Å². The summed E-state index contributed by atoms with van der Waals surface area (Å²) in [4.78, 5) is 44.8. The summed E-state index contributed by atoms with van der Waals surface area (Å²) in [5.74, 6) is -2.57. The van der Waals surface area contributed by atoms with Gasteiger partial charge in [0, 0.05) is 11.1 Å². The molecule has 0 aliphatic carbocycles. The normalized spacial score (nSPS) is 26.7. The zero-order valence-electron chi connectivity index (χ0n) is 19.9. The molecule has 3 aromatic rings. The number of quaternary nitrogens is 1. The Balaban J connectivity index is 1.44. The second-order valence-corrected chi connectivity index (χ2v) is 9.86. The summed E-state index contributed by atoms with van der Waals surface area (Å²) < 4.78 is 14.6. The van der Waals surface area contributed by atoms with Crippen LogP contribution in [0.25, 0.3) is 0 Å². The molecule has 3 aliphatic heterocycles. The van der Waals surface area contributed by atoms with E-state index in [1.54, 1.807) is 23.1 Å². The lowest BCUT2D eigenvalue weighted by molar-refractivity contribution is -0.733. The minimum Gasteiger partial charge on any atom is -0.326 e. The number of rotatable bonds is 5. The molecule has 2 fully saturated rings. The highest BCUT2D eigenvalue weighted by atomic mass is 19.1. The quantitative estimate of drug-likeness (QED) is 0.566. The highest BCUT2D eigenvalue weighted by Crippen LogP contribution is 2.51. The number of fused-ring (bicyclic) bond motifs is 4. The van der Waals surface area contributed by atoms with Gasteiger partial charge in [-0.05, 0) is 24.1 Å². The van der Waals surface area contributed by atoms with E-state index in [2.05, 4.69) is 0 Å². The molecule has 7 heteroatoms. The average molecular weight is 485 g/mol. The maximum atomic E-state index is 14.6. The number of nitrogens with zero attached hydrogens (tertiary/aromatic N) is 2. The predicted octanol–water partition coefficient (Wildman–Crippen LogP) is 2.72. The monoisotopic (exact) mass is 484 g/mol. The van der Waals surface area contributed by atoms with Crippen molar-refractivity contribution < 1.29 is 24.1 Å². The highest BCUT2D eigenvalue weighted by Gasteiger charge is 2.74. The highest BCUT2D eigenvalue weighted by molar-refractivity contribution is 6.14. The summed E-state index contributed by atoms with van der Waals surface area (Å²) in [6.45, 7) is 2.23. The first-order valence-corrected chi connectivity index (χ1v) is 12.4. The van der Waals surface area contributed by atoms with Crippen molar-refractivity contribution in [3.8, 4) is 0 Å². The van der Waals surface area contributed by atoms with Gasteiger partial charge in [0.15, 0.2) is 0 Å². The maximum Gasteiger partial charge on any atom is 0.294 e. The van der Waals surface area contributed by atoms with Crippen LogP contribution >= 0.6 is 0 Å². The average Bonchev–Trinajstić information content (AvgIpc) is 3.46. The lowest BCUT2D eigenvalue weighted by Crippen LogP contribution is -2.99. The minimum atomic E-state index is -1.24. The van der Waals surface area contributed by atoms with Gasteiger partial charge in [-0.1, -0.05) is 73.7 Å². The molecule has 1 spiro atoms. The Morgan fingerprint density at radius 3 is 2.28 bits per heavy atom. The molecule has 4 atom stereocenters. The Morgan fingerprint density at radius 2 is 1.53 bits per heavy atom. The third-order valence-corrected chi connectivity index (χ3v) is 8.05. The molecule has 6 nitrogen and oxygen atoms in total. The molecule has 182 valence electrons. The fraction of sp³-hybridized carbons (Fsp3) is 0.276. The van der Waals surface area contributed by atoms with Gasteiger partial charge >= 0.3 is 0 Å². The summed E-state index contributed by atoms with van der Waals surface area (Å²) in [6.07, 6.45) is 0.643. The van der Waals surface area contributed by atoms with Crippen LogP contribution in [0.5, 0.6) is 0 Å². The number of imide groups is 1. The molecule has 0 radical (unpaired) electrons. The summed E-state index contributed by atoms with van der Waals surface area (Å²) in [5.41, 5.74) is 1.41. The van der Waals surface area contributed by atoms with Crippen molar-refractivity contribution in [2.75, 3.05) is 4.90 Å². The van der Waals surface area contributed by atoms with Gasteiger partial charge in [0.05, 0.1) is 24.8 Å². The van der Waals surface area contributed by atoms with Crippen molar-refractivity contribution in [2.45, 2.75) is 38.0 Å². The number of amides is 3. The Hall–Kier alpha value is -3.84. The molecule has 0 aromatic heterocycles. The molecule has 3 aliphatic rings. The van der Waals surface area contributed by atoms with Gasteiger partial charge in [-0.3, -0.25) is 19.3 Å². The van der Waals surface area contributed by atoms with E-state index in [1.807, 2.05) is 66.8 Å². The van der Waals surface area contributed by atoms with Crippen molar-refractivity contribution in [1.82, 2.24) is 4.90 Å². The molecule has 2 saturated heterocycles. The molecule has 36 heavy (non-hydrogen) atoms. The number of para-hydroxylation sites is 1. The number of likely N-dealkylation sites (tertiary alicyclic amines) is 1. The van der Waals surface area contributed by atoms with E-state index in [-0.39, 0.29) is 42.7 Å². The van der Waals surface area contributed by atoms with Crippen LogP contribution < -0.4 is 10.2 Å². The predicted molar refractivity (Wildman–Crippen MR) is 131 cm³/mol. The van der Waals surface area contributed by atoms with E-state index < -0.39 is 17.4 Å². The fourth-order valence-electron chi connectivity index (χ4n) is 6.42. The number of carbonyl (C=O) groups is 3. The number of hydrogen-bond donors (Lipinski definition) is 1. The van der Waals surface area contributed by atoms with E-state index in [0.29, 0.717) is 17.7 Å². The molecule has 0 saturated carbocycles. The van der Waals surface area contributed by atoms with Crippen molar-refractivity contribution in [1.29, 1.82) is 0 Å². The van der Waals surface area contributed by atoms with Crippen LogP contribution in [-0.2, 0) is 33.0 Å². The number of hydrogen-bond acceptors (Lipinski definition) is 3. The lowest BCUT2D eigenvalue weighted by Gasteiger charge is -2.27. The van der Waals surface area contributed by atoms with E-state index in [0.717, 1.165) is 11.1 Å². The third-order valence-electron chi connectivity index (χ3n) is 8.05. The minimum absolute atomic E-state index is 0.0577. The lowest BCUT2D eigenvalue weighted by atomic mass is 9.76. The van der Waals surface area contributed by atoms with Crippen LogP contribution in [-0.4, -0.2) is 28.7 Å². The van der Waals surface area contributed by atoms with Gasteiger partial charge in [-0.15, -0.1) is 0 Å². The van der Waals surface area contributed by atoms with Crippen LogP contribution in [0.2, 0.25) is 0 Å². The second-order valence-electron chi connectivity index (χ2n) is 9.86. The largest absolute Gasteiger partial charge is 0.326 e. The fourth-order valence-corrected chi connectivity index (χ4v) is 6.42. The topological polar surface area (TPSA) is 74.3 Å². The first-order valence-electron chi connectivity index (χ1n) is 12.4. The molecule has 3 amide bonds. The SMILES string of the molecule is CC[C@@H]1[NH2+][C@]2(C(=O)N(Cc3ccccc3F)c3ccccc32)[C@@H]2C(=O)N(Cc3ccccc3)C(=O)[C@@H]12. The Labute approximate surface area is 208 Å². The molecule has 3 aromatic carbocycles. The van der Waals surface area contributed by atoms with Crippen LogP contribution in [0.3, 0.4) is 0 Å². The van der Waals surface area contributed by atoms with Gasteiger partial charge in [0.1, 0.15) is 17.7 Å². The van der Waals surface area contributed by atoms with E-state index in [4.69, 9.17) is 0 Å². The van der Waals surface area contributed by atoms with Gasteiger partial charge in [-0.2, -0.15) is 0 Å². The molecule has 0 bridgehead atoms. The molecule has 6 rings (SSSR count).